The maximum Gasteiger partial charge on any atom is 0.292 e. The van der Waals surface area contributed by atoms with E-state index >= 15 is 0 Å². The molecule has 1 aliphatic heterocycles. The molecule has 0 atom stereocenters. The van der Waals surface area contributed by atoms with Gasteiger partial charge in [0.2, 0.25) is 5.76 Å². The van der Waals surface area contributed by atoms with Crippen LogP contribution in [0.25, 0.3) is 11.1 Å². The number of alkyl halides is 2. The second kappa shape index (κ2) is 6.71. The van der Waals surface area contributed by atoms with Gasteiger partial charge in [-0.3, -0.25) is 4.79 Å². The van der Waals surface area contributed by atoms with Gasteiger partial charge in [-0.05, 0) is 32.8 Å². The molecule has 4 rings (SSSR count). The minimum absolute atomic E-state index is 0.0298. The van der Waals surface area contributed by atoms with Gasteiger partial charge in [0, 0.05) is 36.3 Å². The molecule has 0 aliphatic carbocycles. The summed E-state index contributed by atoms with van der Waals surface area (Å²) in [6.07, 6.45) is -1.40. The number of carbonyl (C=O) groups excluding carboxylic acids is 1. The minimum Gasteiger partial charge on any atom is -0.351 e. The maximum atomic E-state index is 13.5. The van der Waals surface area contributed by atoms with Crippen LogP contribution in [0.2, 0.25) is 0 Å². The highest BCUT2D eigenvalue weighted by Crippen LogP contribution is 2.35. The molecule has 0 radical (unpaired) electrons. The molecule has 9 heteroatoms. The smallest absolute Gasteiger partial charge is 0.292 e. The number of hydrogen-bond donors (Lipinski definition) is 0. The van der Waals surface area contributed by atoms with Crippen molar-refractivity contribution in [2.45, 2.75) is 39.0 Å². The van der Waals surface area contributed by atoms with Crippen molar-refractivity contribution >= 4 is 17.0 Å². The molecule has 3 aromatic heterocycles. The predicted molar refractivity (Wildman–Crippen MR) is 90.6 cm³/mol. The molecule has 0 aromatic carbocycles. The van der Waals surface area contributed by atoms with Gasteiger partial charge in [-0.2, -0.15) is 0 Å². The van der Waals surface area contributed by atoms with Gasteiger partial charge in [-0.1, -0.05) is 10.3 Å². The number of piperidine rings is 1. The molecule has 3 aromatic rings. The summed E-state index contributed by atoms with van der Waals surface area (Å²) in [5, 5.41) is 7.77. The molecule has 1 amide bonds. The van der Waals surface area contributed by atoms with Crippen molar-refractivity contribution in [2.75, 3.05) is 13.1 Å². The topological polar surface area (TPSA) is 85.3 Å². The number of aryl methyl sites for hydroxylation is 2. The summed E-state index contributed by atoms with van der Waals surface area (Å²) in [5.41, 5.74) is 1.63. The molecule has 0 unspecified atom stereocenters. The van der Waals surface area contributed by atoms with E-state index in [0.717, 1.165) is 0 Å². The van der Waals surface area contributed by atoms with E-state index in [1.54, 1.807) is 24.8 Å². The van der Waals surface area contributed by atoms with Gasteiger partial charge < -0.3 is 13.9 Å². The van der Waals surface area contributed by atoms with Crippen LogP contribution in [-0.2, 0) is 0 Å². The van der Waals surface area contributed by atoms with Crippen molar-refractivity contribution in [1.82, 2.24) is 20.2 Å². The van der Waals surface area contributed by atoms with Crippen LogP contribution < -0.4 is 0 Å². The third-order valence-corrected chi connectivity index (χ3v) is 4.94. The Morgan fingerprint density at radius 2 is 1.93 bits per heavy atom. The summed E-state index contributed by atoms with van der Waals surface area (Å²) < 4.78 is 37.1. The highest BCUT2D eigenvalue weighted by Gasteiger charge is 2.29. The molecule has 142 valence electrons. The molecular formula is C18H18F2N4O3. The standard InChI is InChI=1S/C18H18F2N4O3/c1-9-7-14(26-22-9)18(25)24-5-3-11(4-6-24)13-8-12(16(19)20)15-10(2)23-27-17(15)21-13/h7-8,11,16H,3-6H2,1-2H3. The zero-order valence-electron chi connectivity index (χ0n) is 14.9. The summed E-state index contributed by atoms with van der Waals surface area (Å²) in [7, 11) is 0. The first-order valence-corrected chi connectivity index (χ1v) is 8.71. The zero-order chi connectivity index (χ0) is 19.1. The molecule has 0 bridgehead atoms. The van der Waals surface area contributed by atoms with Crippen LogP contribution in [0, 0.1) is 13.8 Å². The van der Waals surface area contributed by atoms with Gasteiger partial charge in [-0.15, -0.1) is 0 Å². The summed E-state index contributed by atoms with van der Waals surface area (Å²) >= 11 is 0. The van der Waals surface area contributed by atoms with Crippen LogP contribution >= 0.6 is 0 Å². The van der Waals surface area contributed by atoms with Gasteiger partial charge in [0.1, 0.15) is 0 Å². The third kappa shape index (κ3) is 3.17. The molecule has 7 nitrogen and oxygen atoms in total. The average Bonchev–Trinajstić information content (AvgIpc) is 3.26. The lowest BCUT2D eigenvalue weighted by Gasteiger charge is -2.31. The van der Waals surface area contributed by atoms with Crippen LogP contribution in [0.4, 0.5) is 8.78 Å². The largest absolute Gasteiger partial charge is 0.351 e. The lowest BCUT2D eigenvalue weighted by atomic mass is 9.91. The number of hydrogen-bond acceptors (Lipinski definition) is 6. The number of halogens is 2. The predicted octanol–water partition coefficient (Wildman–Crippen LogP) is 3.79. The van der Waals surface area contributed by atoms with Gasteiger partial charge in [0.25, 0.3) is 18.0 Å². The number of aromatic nitrogens is 3. The molecule has 27 heavy (non-hydrogen) atoms. The highest BCUT2D eigenvalue weighted by atomic mass is 19.3. The monoisotopic (exact) mass is 376 g/mol. The Morgan fingerprint density at radius 1 is 1.19 bits per heavy atom. The quantitative estimate of drug-likeness (QED) is 0.691. The summed E-state index contributed by atoms with van der Waals surface area (Å²) in [4.78, 5) is 18.5. The Hall–Kier alpha value is -2.84. The third-order valence-electron chi connectivity index (χ3n) is 4.94. The highest BCUT2D eigenvalue weighted by molar-refractivity contribution is 5.91. The van der Waals surface area contributed by atoms with Crippen LogP contribution in [0.1, 0.15) is 58.4 Å². The van der Waals surface area contributed by atoms with E-state index in [0.29, 0.717) is 43.0 Å². The van der Waals surface area contributed by atoms with Gasteiger partial charge in [0.05, 0.1) is 16.8 Å². The van der Waals surface area contributed by atoms with Crippen molar-refractivity contribution < 1.29 is 22.6 Å². The van der Waals surface area contributed by atoms with Crippen LogP contribution in [0.5, 0.6) is 0 Å². The van der Waals surface area contributed by atoms with E-state index in [2.05, 4.69) is 15.3 Å². The first kappa shape index (κ1) is 17.6. The van der Waals surface area contributed by atoms with E-state index in [4.69, 9.17) is 9.05 Å². The maximum absolute atomic E-state index is 13.5. The normalized spacial score (nSPS) is 15.8. The van der Waals surface area contributed by atoms with Crippen molar-refractivity contribution in [3.05, 3.63) is 40.5 Å². The van der Waals surface area contributed by atoms with Crippen molar-refractivity contribution in [3.63, 3.8) is 0 Å². The molecule has 1 fully saturated rings. The Morgan fingerprint density at radius 3 is 2.56 bits per heavy atom. The van der Waals surface area contributed by atoms with Gasteiger partial charge in [-0.25, -0.2) is 13.8 Å². The molecule has 0 saturated carbocycles. The Labute approximate surface area is 153 Å². The van der Waals surface area contributed by atoms with Crippen molar-refractivity contribution in [3.8, 4) is 0 Å². The van der Waals surface area contributed by atoms with E-state index in [1.807, 2.05) is 0 Å². The van der Waals surface area contributed by atoms with Crippen LogP contribution in [0.15, 0.2) is 21.2 Å². The second-order valence-electron chi connectivity index (χ2n) is 6.78. The first-order valence-electron chi connectivity index (χ1n) is 8.71. The van der Waals surface area contributed by atoms with E-state index < -0.39 is 6.43 Å². The fourth-order valence-corrected chi connectivity index (χ4v) is 3.53. The number of likely N-dealkylation sites (tertiary alicyclic amines) is 1. The van der Waals surface area contributed by atoms with Crippen molar-refractivity contribution in [1.29, 1.82) is 0 Å². The second-order valence-corrected chi connectivity index (χ2v) is 6.78. The summed E-state index contributed by atoms with van der Waals surface area (Å²) in [6.45, 7) is 4.35. The lowest BCUT2D eigenvalue weighted by molar-refractivity contribution is 0.0670. The number of nitrogens with zero attached hydrogens (tertiary/aromatic N) is 4. The lowest BCUT2D eigenvalue weighted by Crippen LogP contribution is -2.37. The first-order chi connectivity index (χ1) is 12.9. The summed E-state index contributed by atoms with van der Waals surface area (Å²) in [6, 6.07) is 3.05. The molecule has 0 spiro atoms. The molecular weight excluding hydrogens is 358 g/mol. The van der Waals surface area contributed by atoms with Gasteiger partial charge >= 0.3 is 0 Å². The number of fused-ring (bicyclic) bond motifs is 1. The molecule has 0 N–H and O–H groups in total. The van der Waals surface area contributed by atoms with E-state index in [9.17, 15) is 13.6 Å². The fourth-order valence-electron chi connectivity index (χ4n) is 3.53. The Kier molecular flexibility index (Phi) is 4.37. The van der Waals surface area contributed by atoms with Crippen LogP contribution in [-0.4, -0.2) is 39.2 Å². The molecule has 1 aliphatic rings. The van der Waals surface area contributed by atoms with Gasteiger partial charge in [0.15, 0.2) is 0 Å². The number of amides is 1. The van der Waals surface area contributed by atoms with E-state index in [-0.39, 0.29) is 34.2 Å². The molecule has 1 saturated heterocycles. The average molecular weight is 376 g/mol. The fraction of sp³-hybridized carbons (Fsp3) is 0.444. The number of pyridine rings is 1. The number of rotatable bonds is 3. The Bertz CT molecular complexity index is 990. The Balaban J connectivity index is 1.53. The molecule has 4 heterocycles. The van der Waals surface area contributed by atoms with E-state index in [1.165, 1.54) is 6.07 Å². The summed E-state index contributed by atoms with van der Waals surface area (Å²) in [5.74, 6) is -0.0305. The minimum atomic E-state index is -2.64. The SMILES string of the molecule is Cc1cc(C(=O)N2CCC(c3cc(C(F)F)c4c(C)noc4n3)CC2)on1. The van der Waals surface area contributed by atoms with Crippen molar-refractivity contribution in [2.24, 2.45) is 0 Å². The number of carbonyl (C=O) groups is 1. The zero-order valence-corrected chi connectivity index (χ0v) is 14.9. The van der Waals surface area contributed by atoms with Crippen LogP contribution in [0.3, 0.4) is 0 Å².